The molecule has 1 N–H and O–H groups in total. The largest absolute Gasteiger partial charge is 0.479 e. The van der Waals surface area contributed by atoms with Crippen LogP contribution < -0.4 is 9.64 Å². The van der Waals surface area contributed by atoms with Gasteiger partial charge in [0.1, 0.15) is 5.75 Å². The predicted octanol–water partition coefficient (Wildman–Crippen LogP) is 4.80. The number of thioether (sulfide) groups is 1. The van der Waals surface area contributed by atoms with E-state index in [-0.39, 0.29) is 10.6 Å². The van der Waals surface area contributed by atoms with E-state index in [2.05, 4.69) is 0 Å². The summed E-state index contributed by atoms with van der Waals surface area (Å²) in [6.45, 7) is 1.38. The zero-order chi connectivity index (χ0) is 22.1. The number of nitrogens with zero attached hydrogens (tertiary/aromatic N) is 1. The molecule has 1 unspecified atom stereocenters. The maximum atomic E-state index is 12.9. The molecule has 30 heavy (non-hydrogen) atoms. The van der Waals surface area contributed by atoms with E-state index >= 15 is 0 Å². The Bertz CT molecular complexity index is 1030. The van der Waals surface area contributed by atoms with E-state index in [1.165, 1.54) is 31.2 Å². The molecule has 1 atom stereocenters. The van der Waals surface area contributed by atoms with E-state index in [0.29, 0.717) is 28.0 Å². The average molecular weight is 437 g/mol. The molecule has 2 aromatic rings. The third-order valence-electron chi connectivity index (χ3n) is 4.06. The molecule has 2 aromatic carbocycles. The molecule has 1 heterocycles. The van der Waals surface area contributed by atoms with Gasteiger partial charge in [-0.1, -0.05) is 18.2 Å². The molecule has 0 bridgehead atoms. The summed E-state index contributed by atoms with van der Waals surface area (Å²) in [7, 11) is 0. The van der Waals surface area contributed by atoms with Gasteiger partial charge in [-0.25, -0.2) is 9.69 Å². The molecule has 10 heteroatoms. The monoisotopic (exact) mass is 437 g/mol. The normalized spacial score (nSPS) is 16.8. The number of imide groups is 1. The highest BCUT2D eigenvalue weighted by atomic mass is 32.2. The van der Waals surface area contributed by atoms with Gasteiger partial charge >= 0.3 is 12.1 Å². The fourth-order valence-electron chi connectivity index (χ4n) is 2.56. The first kappa shape index (κ1) is 21.4. The van der Waals surface area contributed by atoms with Gasteiger partial charge in [0.15, 0.2) is 6.10 Å². The summed E-state index contributed by atoms with van der Waals surface area (Å²) in [5.74, 6) is -1.55. The number of amides is 2. The van der Waals surface area contributed by atoms with Crippen LogP contribution in [0.15, 0.2) is 53.4 Å². The van der Waals surface area contributed by atoms with Gasteiger partial charge in [-0.05, 0) is 60.7 Å². The lowest BCUT2D eigenvalue weighted by Crippen LogP contribution is -2.28. The highest BCUT2D eigenvalue weighted by Crippen LogP contribution is 2.38. The molecular weight excluding hydrogens is 423 g/mol. The van der Waals surface area contributed by atoms with Crippen LogP contribution in [0.25, 0.3) is 6.08 Å². The minimum atomic E-state index is -4.60. The third kappa shape index (κ3) is 4.65. The first-order valence-electron chi connectivity index (χ1n) is 8.51. The molecule has 0 saturated carbocycles. The van der Waals surface area contributed by atoms with Gasteiger partial charge < -0.3 is 9.84 Å². The predicted molar refractivity (Wildman–Crippen MR) is 104 cm³/mol. The van der Waals surface area contributed by atoms with E-state index in [1.807, 2.05) is 0 Å². The van der Waals surface area contributed by atoms with Crippen LogP contribution >= 0.6 is 11.8 Å². The third-order valence-corrected chi connectivity index (χ3v) is 4.93. The Morgan fingerprint density at radius 3 is 2.43 bits per heavy atom. The first-order chi connectivity index (χ1) is 14.1. The lowest BCUT2D eigenvalue weighted by atomic mass is 10.1. The number of aliphatic carboxylic acids is 1. The fourth-order valence-corrected chi connectivity index (χ4v) is 3.40. The van der Waals surface area contributed by atoms with Crippen molar-refractivity contribution in [2.45, 2.75) is 19.2 Å². The molecule has 156 valence electrons. The highest BCUT2D eigenvalue weighted by Gasteiger charge is 2.38. The minimum absolute atomic E-state index is 0.0463. The van der Waals surface area contributed by atoms with Crippen molar-refractivity contribution < 1.29 is 37.4 Å². The summed E-state index contributed by atoms with van der Waals surface area (Å²) in [6.07, 6.45) is -4.22. The van der Waals surface area contributed by atoms with Crippen LogP contribution in [0.4, 0.5) is 23.7 Å². The summed E-state index contributed by atoms with van der Waals surface area (Å²) in [5, 5.41) is 8.14. The Morgan fingerprint density at radius 1 is 1.17 bits per heavy atom. The quantitative estimate of drug-likeness (QED) is 0.677. The number of carbonyl (C=O) groups excluding carboxylic acids is 2. The molecule has 0 aliphatic carbocycles. The number of hydrogen-bond donors (Lipinski definition) is 1. The van der Waals surface area contributed by atoms with Crippen molar-refractivity contribution in [2.24, 2.45) is 0 Å². The molecular formula is C20H14F3NO5S. The molecule has 0 aromatic heterocycles. The van der Waals surface area contributed by atoms with Crippen LogP contribution in [-0.2, 0) is 15.8 Å². The summed E-state index contributed by atoms with van der Waals surface area (Å²) >= 11 is 0.612. The number of carboxylic acid groups (broad SMARTS) is 1. The molecule has 6 nitrogen and oxygen atoms in total. The molecule has 0 spiro atoms. The Kier molecular flexibility index (Phi) is 5.88. The zero-order valence-electron chi connectivity index (χ0n) is 15.3. The Morgan fingerprint density at radius 2 is 1.83 bits per heavy atom. The van der Waals surface area contributed by atoms with Gasteiger partial charge in [0, 0.05) is 0 Å². The molecule has 0 radical (unpaired) electrons. The van der Waals surface area contributed by atoms with Crippen molar-refractivity contribution in [3.05, 3.63) is 64.6 Å². The summed E-state index contributed by atoms with van der Waals surface area (Å²) < 4.78 is 44.0. The first-order valence-corrected chi connectivity index (χ1v) is 9.32. The maximum Gasteiger partial charge on any atom is 0.416 e. The summed E-state index contributed by atoms with van der Waals surface area (Å²) in [6, 6.07) is 10.1. The SMILES string of the molecule is CC(Oc1ccc(/C=C2/SC(=O)N(c3cccc(C(F)(F)F)c3)C2=O)cc1)C(=O)O. The molecule has 1 aliphatic heterocycles. The smallest absolute Gasteiger partial charge is 0.416 e. The number of halogens is 3. The van der Waals surface area contributed by atoms with E-state index < -0.39 is 35.0 Å². The second kappa shape index (κ2) is 8.23. The Balaban J connectivity index is 1.81. The summed E-state index contributed by atoms with van der Waals surface area (Å²) in [5.41, 5.74) is -0.601. The van der Waals surface area contributed by atoms with Crippen LogP contribution in [0, 0.1) is 0 Å². The standard InChI is InChI=1S/C20H14F3NO5S/c1-11(18(26)27)29-15-7-5-12(6-8-15)9-16-17(25)24(19(28)30-16)14-4-2-3-13(10-14)20(21,22)23/h2-11H,1H3,(H,26,27)/b16-9+. The van der Waals surface area contributed by atoms with Crippen molar-refractivity contribution >= 4 is 40.6 Å². The zero-order valence-corrected chi connectivity index (χ0v) is 16.2. The minimum Gasteiger partial charge on any atom is -0.479 e. The summed E-state index contributed by atoms with van der Waals surface area (Å²) in [4.78, 5) is 36.4. The van der Waals surface area contributed by atoms with Gasteiger partial charge in [0.25, 0.3) is 11.1 Å². The molecule has 1 fully saturated rings. The topological polar surface area (TPSA) is 83.9 Å². The van der Waals surface area contributed by atoms with E-state index in [4.69, 9.17) is 9.84 Å². The Hall–Kier alpha value is -3.27. The molecule has 1 aliphatic rings. The maximum absolute atomic E-state index is 12.9. The van der Waals surface area contributed by atoms with Crippen molar-refractivity contribution in [3.63, 3.8) is 0 Å². The van der Waals surface area contributed by atoms with E-state index in [0.717, 1.165) is 18.2 Å². The number of anilines is 1. The Labute approximate surface area is 172 Å². The van der Waals surface area contributed by atoms with Gasteiger partial charge in [-0.3, -0.25) is 9.59 Å². The molecule has 3 rings (SSSR count). The number of ether oxygens (including phenoxy) is 1. The van der Waals surface area contributed by atoms with Crippen molar-refractivity contribution in [2.75, 3.05) is 4.90 Å². The number of alkyl halides is 3. The average Bonchev–Trinajstić information content (AvgIpc) is 2.96. The fraction of sp³-hybridized carbons (Fsp3) is 0.150. The van der Waals surface area contributed by atoms with Crippen LogP contribution in [0.5, 0.6) is 5.75 Å². The van der Waals surface area contributed by atoms with Crippen LogP contribution in [0.1, 0.15) is 18.1 Å². The van der Waals surface area contributed by atoms with Crippen molar-refractivity contribution in [3.8, 4) is 5.75 Å². The van der Waals surface area contributed by atoms with Crippen LogP contribution in [0.2, 0.25) is 0 Å². The van der Waals surface area contributed by atoms with E-state index in [1.54, 1.807) is 12.1 Å². The second-order valence-electron chi connectivity index (χ2n) is 6.23. The van der Waals surface area contributed by atoms with Crippen molar-refractivity contribution in [1.82, 2.24) is 0 Å². The van der Waals surface area contributed by atoms with E-state index in [9.17, 15) is 27.6 Å². The van der Waals surface area contributed by atoms with Crippen molar-refractivity contribution in [1.29, 1.82) is 0 Å². The number of carboxylic acids is 1. The number of benzene rings is 2. The van der Waals surface area contributed by atoms with Gasteiger partial charge in [0.05, 0.1) is 16.2 Å². The number of carbonyl (C=O) groups is 3. The van der Waals surface area contributed by atoms with Gasteiger partial charge in [-0.2, -0.15) is 13.2 Å². The number of rotatable bonds is 5. The lowest BCUT2D eigenvalue weighted by molar-refractivity contribution is -0.144. The lowest BCUT2D eigenvalue weighted by Gasteiger charge is -2.14. The number of hydrogen-bond acceptors (Lipinski definition) is 5. The van der Waals surface area contributed by atoms with Crippen LogP contribution in [-0.4, -0.2) is 28.3 Å². The highest BCUT2D eigenvalue weighted by molar-refractivity contribution is 8.19. The van der Waals surface area contributed by atoms with Crippen LogP contribution in [0.3, 0.4) is 0 Å². The molecule has 2 amide bonds. The second-order valence-corrected chi connectivity index (χ2v) is 7.23. The van der Waals surface area contributed by atoms with Gasteiger partial charge in [-0.15, -0.1) is 0 Å². The van der Waals surface area contributed by atoms with Gasteiger partial charge in [0.2, 0.25) is 0 Å². The molecule has 1 saturated heterocycles.